The zero-order valence-corrected chi connectivity index (χ0v) is 13.1. The van der Waals surface area contributed by atoms with Crippen LogP contribution in [0, 0.1) is 0 Å². The molecule has 0 bridgehead atoms. The largest absolute Gasteiger partial charge is 0.321 e. The second-order valence-electron chi connectivity index (χ2n) is 4.31. The number of rotatable bonds is 5. The number of anilines is 2. The summed E-state index contributed by atoms with van der Waals surface area (Å²) in [5.41, 5.74) is 1.66. The van der Waals surface area contributed by atoms with E-state index >= 15 is 0 Å². The number of hydrogen-bond donors (Lipinski definition) is 2. The van der Waals surface area contributed by atoms with Crippen molar-refractivity contribution in [3.8, 4) is 0 Å². The number of carbonyl (C=O) groups is 1. The molecule has 9 heteroatoms. The number of carbonyl (C=O) groups excluding carboxylic acids is 1. The van der Waals surface area contributed by atoms with Crippen molar-refractivity contribution in [1.82, 2.24) is 9.59 Å². The fourth-order valence-electron chi connectivity index (χ4n) is 1.64. The van der Waals surface area contributed by atoms with E-state index in [0.717, 1.165) is 17.8 Å². The summed E-state index contributed by atoms with van der Waals surface area (Å²) in [7, 11) is -3.31. The predicted molar refractivity (Wildman–Crippen MR) is 82.1 cm³/mol. The highest BCUT2D eigenvalue weighted by atomic mass is 32.2. The van der Waals surface area contributed by atoms with Gasteiger partial charge >= 0.3 is 0 Å². The van der Waals surface area contributed by atoms with Gasteiger partial charge in [0.2, 0.25) is 10.0 Å². The van der Waals surface area contributed by atoms with Crippen molar-refractivity contribution in [3.05, 3.63) is 34.8 Å². The Bertz CT molecular complexity index is 738. The molecule has 7 nitrogen and oxygen atoms in total. The van der Waals surface area contributed by atoms with Crippen molar-refractivity contribution >= 4 is 38.8 Å². The summed E-state index contributed by atoms with van der Waals surface area (Å²) in [4.78, 5) is 12.6. The van der Waals surface area contributed by atoms with Gasteiger partial charge in [0.05, 0.1) is 11.9 Å². The quantitative estimate of drug-likeness (QED) is 0.871. The molecule has 2 rings (SSSR count). The van der Waals surface area contributed by atoms with E-state index in [4.69, 9.17) is 0 Å². The highest BCUT2D eigenvalue weighted by Crippen LogP contribution is 2.17. The number of benzene rings is 1. The predicted octanol–water partition coefficient (Wildman–Crippen LogP) is 1.72. The Balaban J connectivity index is 2.08. The summed E-state index contributed by atoms with van der Waals surface area (Å²) < 4.78 is 28.3. The van der Waals surface area contributed by atoms with Gasteiger partial charge in [0.25, 0.3) is 5.91 Å². The molecule has 1 aromatic heterocycles. The number of aromatic nitrogens is 2. The minimum Gasteiger partial charge on any atom is -0.321 e. The second-order valence-corrected chi connectivity index (χ2v) is 6.81. The number of aryl methyl sites for hydroxylation is 1. The average molecular weight is 326 g/mol. The van der Waals surface area contributed by atoms with Crippen molar-refractivity contribution in [2.45, 2.75) is 13.3 Å². The molecule has 0 fully saturated rings. The third kappa shape index (κ3) is 4.23. The van der Waals surface area contributed by atoms with Crippen molar-refractivity contribution in [1.29, 1.82) is 0 Å². The zero-order chi connectivity index (χ0) is 15.5. The Labute approximate surface area is 126 Å². The fraction of sp³-hybridized carbons (Fsp3) is 0.250. The molecule has 0 aliphatic rings. The van der Waals surface area contributed by atoms with Crippen LogP contribution in [0.4, 0.5) is 11.4 Å². The number of sulfonamides is 1. The number of hydrogen-bond acceptors (Lipinski definition) is 6. The van der Waals surface area contributed by atoms with Crippen LogP contribution in [0.5, 0.6) is 0 Å². The molecule has 0 spiro atoms. The SMILES string of the molecule is CCc1nnsc1C(=O)Nc1ccc(NS(C)(=O)=O)cc1. The summed E-state index contributed by atoms with van der Waals surface area (Å²) in [5.74, 6) is -0.273. The van der Waals surface area contributed by atoms with E-state index in [1.807, 2.05) is 6.92 Å². The maximum absolute atomic E-state index is 12.1. The molecule has 0 atom stereocenters. The van der Waals surface area contributed by atoms with Crippen LogP contribution in [-0.4, -0.2) is 30.2 Å². The minimum absolute atomic E-state index is 0.273. The average Bonchev–Trinajstić information content (AvgIpc) is 2.87. The molecule has 0 unspecified atom stereocenters. The first-order valence-electron chi connectivity index (χ1n) is 6.09. The van der Waals surface area contributed by atoms with Gasteiger partial charge in [-0.15, -0.1) is 5.10 Å². The van der Waals surface area contributed by atoms with Gasteiger partial charge in [-0.2, -0.15) is 0 Å². The summed E-state index contributed by atoms with van der Waals surface area (Å²) >= 11 is 1.05. The lowest BCUT2D eigenvalue weighted by Crippen LogP contribution is -2.13. The lowest BCUT2D eigenvalue weighted by Gasteiger charge is -2.07. The molecule has 1 amide bonds. The van der Waals surface area contributed by atoms with Gasteiger partial charge < -0.3 is 5.32 Å². The van der Waals surface area contributed by atoms with E-state index in [-0.39, 0.29) is 5.91 Å². The molecule has 0 saturated carbocycles. The first kappa shape index (κ1) is 15.4. The number of nitrogens with one attached hydrogen (secondary N) is 2. The van der Waals surface area contributed by atoms with Gasteiger partial charge in [-0.25, -0.2) is 8.42 Å². The molecule has 0 radical (unpaired) electrons. The van der Waals surface area contributed by atoms with Crippen LogP contribution in [0.15, 0.2) is 24.3 Å². The van der Waals surface area contributed by atoms with E-state index in [0.29, 0.717) is 28.4 Å². The van der Waals surface area contributed by atoms with Gasteiger partial charge in [0, 0.05) is 11.4 Å². The Hall–Kier alpha value is -2.00. The molecule has 21 heavy (non-hydrogen) atoms. The first-order chi connectivity index (χ1) is 9.89. The van der Waals surface area contributed by atoms with E-state index in [1.54, 1.807) is 24.3 Å². The Morgan fingerprint density at radius 1 is 1.24 bits per heavy atom. The normalized spacial score (nSPS) is 11.1. The molecule has 2 N–H and O–H groups in total. The van der Waals surface area contributed by atoms with E-state index in [2.05, 4.69) is 19.6 Å². The highest BCUT2D eigenvalue weighted by Gasteiger charge is 2.15. The second kappa shape index (κ2) is 6.19. The Kier molecular flexibility index (Phi) is 4.53. The highest BCUT2D eigenvalue weighted by molar-refractivity contribution is 7.92. The van der Waals surface area contributed by atoms with Gasteiger partial charge in [0.15, 0.2) is 0 Å². The van der Waals surface area contributed by atoms with Crippen LogP contribution in [-0.2, 0) is 16.4 Å². The lowest BCUT2D eigenvalue weighted by atomic mass is 10.2. The maximum atomic E-state index is 12.1. The molecular formula is C12H14N4O3S2. The van der Waals surface area contributed by atoms with E-state index in [9.17, 15) is 13.2 Å². The summed E-state index contributed by atoms with van der Waals surface area (Å²) in [5, 5.41) is 6.61. The van der Waals surface area contributed by atoms with E-state index in [1.165, 1.54) is 0 Å². The van der Waals surface area contributed by atoms with Crippen molar-refractivity contribution in [2.24, 2.45) is 0 Å². The van der Waals surface area contributed by atoms with Crippen LogP contribution in [0.3, 0.4) is 0 Å². The molecule has 1 aromatic carbocycles. The van der Waals surface area contributed by atoms with Gasteiger partial charge in [0.1, 0.15) is 4.88 Å². The van der Waals surface area contributed by atoms with Crippen LogP contribution in [0.25, 0.3) is 0 Å². The van der Waals surface area contributed by atoms with Crippen molar-refractivity contribution in [2.75, 3.05) is 16.3 Å². The molecule has 112 valence electrons. The summed E-state index contributed by atoms with van der Waals surface area (Å²) in [6.07, 6.45) is 1.71. The fourth-order valence-corrected chi connectivity index (χ4v) is 2.85. The van der Waals surface area contributed by atoms with Crippen molar-refractivity contribution in [3.63, 3.8) is 0 Å². The third-order valence-electron chi connectivity index (χ3n) is 2.54. The topological polar surface area (TPSA) is 101 Å². The van der Waals surface area contributed by atoms with Gasteiger partial charge in [-0.3, -0.25) is 9.52 Å². The molecule has 0 aliphatic carbocycles. The summed E-state index contributed by atoms with van der Waals surface area (Å²) in [6, 6.07) is 6.38. The van der Waals surface area contributed by atoms with Crippen LogP contribution in [0.2, 0.25) is 0 Å². The van der Waals surface area contributed by atoms with Gasteiger partial charge in [-0.1, -0.05) is 11.4 Å². The first-order valence-corrected chi connectivity index (χ1v) is 8.76. The van der Waals surface area contributed by atoms with E-state index < -0.39 is 10.0 Å². The Morgan fingerprint density at radius 2 is 1.86 bits per heavy atom. The molecule has 0 aliphatic heterocycles. The Morgan fingerprint density at radius 3 is 2.43 bits per heavy atom. The minimum atomic E-state index is -3.31. The van der Waals surface area contributed by atoms with Crippen LogP contribution < -0.4 is 10.0 Å². The smallest absolute Gasteiger partial charge is 0.269 e. The molecule has 0 saturated heterocycles. The molecule has 2 aromatic rings. The zero-order valence-electron chi connectivity index (χ0n) is 11.5. The van der Waals surface area contributed by atoms with Crippen LogP contribution >= 0.6 is 11.5 Å². The molecular weight excluding hydrogens is 312 g/mol. The third-order valence-corrected chi connectivity index (χ3v) is 3.92. The lowest BCUT2D eigenvalue weighted by molar-refractivity contribution is 0.102. The number of amides is 1. The maximum Gasteiger partial charge on any atom is 0.269 e. The van der Waals surface area contributed by atoms with Crippen LogP contribution in [0.1, 0.15) is 22.3 Å². The number of nitrogens with zero attached hydrogens (tertiary/aromatic N) is 2. The van der Waals surface area contributed by atoms with Gasteiger partial charge in [-0.05, 0) is 42.2 Å². The standard InChI is InChI=1S/C12H14N4O3S2/c1-3-10-11(20-16-14-10)12(17)13-8-4-6-9(7-5-8)15-21(2,18)19/h4-7,15H,3H2,1-2H3,(H,13,17). The molecule has 1 heterocycles. The summed E-state index contributed by atoms with van der Waals surface area (Å²) in [6.45, 7) is 1.90. The van der Waals surface area contributed by atoms with Crippen molar-refractivity contribution < 1.29 is 13.2 Å². The monoisotopic (exact) mass is 326 g/mol.